The molecule has 0 unspecified atom stereocenters. The van der Waals surface area contributed by atoms with Crippen molar-refractivity contribution >= 4 is 15.7 Å². The second-order valence-corrected chi connectivity index (χ2v) is 8.83. The third kappa shape index (κ3) is 3.99. The summed E-state index contributed by atoms with van der Waals surface area (Å²) in [6, 6.07) is 16.3. The number of sulfone groups is 1. The van der Waals surface area contributed by atoms with Crippen molar-refractivity contribution < 1.29 is 22.0 Å². The van der Waals surface area contributed by atoms with Crippen LogP contribution in [0.2, 0.25) is 0 Å². The number of furan rings is 1. The Labute approximate surface area is 178 Å². The lowest BCUT2D eigenvalue weighted by molar-refractivity contribution is 0.0957. The van der Waals surface area contributed by atoms with E-state index in [1.54, 1.807) is 18.4 Å². The molecule has 0 spiro atoms. The van der Waals surface area contributed by atoms with E-state index in [4.69, 9.17) is 4.42 Å². The van der Waals surface area contributed by atoms with Gasteiger partial charge in [0.25, 0.3) is 5.91 Å². The number of hydrogen-bond donors (Lipinski definition) is 1. The van der Waals surface area contributed by atoms with E-state index in [0.717, 1.165) is 23.4 Å². The van der Waals surface area contributed by atoms with Crippen molar-refractivity contribution in [1.29, 1.82) is 0 Å². The Morgan fingerprint density at radius 2 is 1.77 bits per heavy atom. The van der Waals surface area contributed by atoms with Gasteiger partial charge in [-0.2, -0.15) is 5.10 Å². The van der Waals surface area contributed by atoms with E-state index in [1.807, 2.05) is 30.3 Å². The number of aromatic nitrogens is 2. The number of carbonyl (C=O) groups excluding carboxylic acids is 1. The summed E-state index contributed by atoms with van der Waals surface area (Å²) in [4.78, 5) is 11.7. The minimum Gasteiger partial charge on any atom is -0.464 e. The highest BCUT2D eigenvalue weighted by molar-refractivity contribution is 7.90. The van der Waals surface area contributed by atoms with E-state index in [1.165, 1.54) is 23.9 Å². The summed E-state index contributed by atoms with van der Waals surface area (Å²) in [5, 5.41) is 6.82. The summed E-state index contributed by atoms with van der Waals surface area (Å²) in [7, 11) is -2.23. The molecule has 2 heterocycles. The molecule has 9 heteroatoms. The molecule has 4 aromatic rings. The maximum absolute atomic E-state index is 14.5. The van der Waals surface area contributed by atoms with Gasteiger partial charge in [-0.05, 0) is 30.3 Å². The monoisotopic (exact) mass is 439 g/mol. The fraction of sp³-hybridized carbons (Fsp3) is 0.0909. The average Bonchev–Trinajstić information content (AvgIpc) is 3.42. The standard InChI is InChI=1S/C22H18FN3O4S/c1-24-22(27)18-13-19(14-5-7-15(8-6-14)20-4-3-11-30-20)26(25-18)16-9-10-21(17(23)12-16)31(2,28)29/h3-13H,1-2H3,(H,24,27). The van der Waals surface area contributed by atoms with Crippen LogP contribution in [0.4, 0.5) is 4.39 Å². The van der Waals surface area contributed by atoms with Crippen LogP contribution < -0.4 is 5.32 Å². The van der Waals surface area contributed by atoms with E-state index >= 15 is 0 Å². The first-order valence-corrected chi connectivity index (χ1v) is 11.1. The number of rotatable bonds is 5. The van der Waals surface area contributed by atoms with Crippen LogP contribution in [0, 0.1) is 5.82 Å². The van der Waals surface area contributed by atoms with Gasteiger partial charge >= 0.3 is 0 Å². The summed E-state index contributed by atoms with van der Waals surface area (Å²) in [5.41, 5.74) is 2.56. The third-order valence-corrected chi connectivity index (χ3v) is 5.84. The molecule has 7 nitrogen and oxygen atoms in total. The molecule has 1 amide bonds. The molecule has 0 fully saturated rings. The summed E-state index contributed by atoms with van der Waals surface area (Å²) in [6.07, 6.45) is 2.53. The molecule has 1 N–H and O–H groups in total. The molecular weight excluding hydrogens is 421 g/mol. The lowest BCUT2D eigenvalue weighted by Gasteiger charge is -2.10. The Morgan fingerprint density at radius 3 is 2.35 bits per heavy atom. The van der Waals surface area contributed by atoms with Gasteiger partial charge in [-0.15, -0.1) is 0 Å². The van der Waals surface area contributed by atoms with Crippen molar-refractivity contribution in [2.75, 3.05) is 13.3 Å². The Bertz CT molecular complexity index is 1360. The van der Waals surface area contributed by atoms with Gasteiger partial charge in [0.15, 0.2) is 15.5 Å². The quantitative estimate of drug-likeness (QED) is 0.512. The number of halogens is 1. The number of hydrogen-bond acceptors (Lipinski definition) is 5. The summed E-state index contributed by atoms with van der Waals surface area (Å²) in [6.45, 7) is 0. The first-order valence-electron chi connectivity index (χ1n) is 9.24. The largest absolute Gasteiger partial charge is 0.464 e. The predicted molar refractivity (Wildman–Crippen MR) is 113 cm³/mol. The average molecular weight is 439 g/mol. The highest BCUT2D eigenvalue weighted by atomic mass is 32.2. The van der Waals surface area contributed by atoms with Crippen LogP contribution in [0.15, 0.2) is 76.2 Å². The summed E-state index contributed by atoms with van der Waals surface area (Å²) < 4.78 is 44.8. The van der Waals surface area contributed by atoms with E-state index in [-0.39, 0.29) is 11.4 Å². The van der Waals surface area contributed by atoms with Crippen molar-refractivity contribution in [1.82, 2.24) is 15.1 Å². The van der Waals surface area contributed by atoms with Crippen molar-refractivity contribution in [2.45, 2.75) is 4.90 Å². The molecule has 0 radical (unpaired) electrons. The molecule has 4 rings (SSSR count). The SMILES string of the molecule is CNC(=O)c1cc(-c2ccc(-c3ccco3)cc2)n(-c2ccc(S(C)(=O)=O)c(F)c2)n1. The van der Waals surface area contributed by atoms with Crippen LogP contribution in [0.3, 0.4) is 0 Å². The molecule has 158 valence electrons. The first kappa shape index (κ1) is 20.5. The number of nitrogens with one attached hydrogen (secondary N) is 1. The lowest BCUT2D eigenvalue weighted by atomic mass is 10.1. The zero-order valence-corrected chi connectivity index (χ0v) is 17.5. The zero-order chi connectivity index (χ0) is 22.2. The van der Waals surface area contributed by atoms with Gasteiger partial charge in [-0.3, -0.25) is 4.79 Å². The third-order valence-electron chi connectivity index (χ3n) is 4.71. The van der Waals surface area contributed by atoms with Crippen LogP contribution in [-0.2, 0) is 9.84 Å². The molecule has 0 saturated carbocycles. The Balaban J connectivity index is 1.82. The van der Waals surface area contributed by atoms with Gasteiger partial charge in [0, 0.05) is 30.5 Å². The zero-order valence-electron chi connectivity index (χ0n) is 16.7. The van der Waals surface area contributed by atoms with E-state index in [2.05, 4.69) is 10.4 Å². The Kier molecular flexibility index (Phi) is 5.20. The molecule has 0 bridgehead atoms. The molecule has 31 heavy (non-hydrogen) atoms. The Morgan fingerprint density at radius 1 is 1.06 bits per heavy atom. The second kappa shape index (κ2) is 7.84. The van der Waals surface area contributed by atoms with E-state index < -0.39 is 26.5 Å². The van der Waals surface area contributed by atoms with E-state index in [0.29, 0.717) is 11.5 Å². The number of nitrogens with zero attached hydrogens (tertiary/aromatic N) is 2. The molecule has 0 atom stereocenters. The molecule has 0 aliphatic rings. The first-order chi connectivity index (χ1) is 14.8. The van der Waals surface area contributed by atoms with Crippen molar-refractivity contribution in [3.05, 3.63) is 78.4 Å². The molecule has 2 aromatic heterocycles. The molecule has 0 saturated heterocycles. The van der Waals surface area contributed by atoms with Crippen LogP contribution >= 0.6 is 0 Å². The van der Waals surface area contributed by atoms with Crippen LogP contribution in [0.1, 0.15) is 10.5 Å². The van der Waals surface area contributed by atoms with Gasteiger partial charge in [0.1, 0.15) is 16.5 Å². The van der Waals surface area contributed by atoms with Crippen LogP contribution in [0.25, 0.3) is 28.3 Å². The number of amides is 1. The molecule has 0 aliphatic heterocycles. The fourth-order valence-electron chi connectivity index (χ4n) is 3.19. The minimum absolute atomic E-state index is 0.139. The smallest absolute Gasteiger partial charge is 0.271 e. The van der Waals surface area contributed by atoms with Crippen LogP contribution in [-0.4, -0.2) is 37.4 Å². The molecule has 0 aliphatic carbocycles. The number of benzene rings is 2. The van der Waals surface area contributed by atoms with Crippen molar-refractivity contribution in [2.24, 2.45) is 0 Å². The molecular formula is C22H18FN3O4S. The Hall–Kier alpha value is -3.72. The maximum atomic E-state index is 14.5. The lowest BCUT2D eigenvalue weighted by Crippen LogP contribution is -2.18. The van der Waals surface area contributed by atoms with Gasteiger partial charge in [-0.25, -0.2) is 17.5 Å². The van der Waals surface area contributed by atoms with Crippen LogP contribution in [0.5, 0.6) is 0 Å². The van der Waals surface area contributed by atoms with Gasteiger partial charge < -0.3 is 9.73 Å². The highest BCUT2D eigenvalue weighted by Gasteiger charge is 2.19. The molecule has 2 aromatic carbocycles. The van der Waals surface area contributed by atoms with Gasteiger partial charge in [0.05, 0.1) is 17.6 Å². The fourth-order valence-corrected chi connectivity index (χ4v) is 3.92. The maximum Gasteiger partial charge on any atom is 0.271 e. The number of carbonyl (C=O) groups is 1. The summed E-state index contributed by atoms with van der Waals surface area (Å²) in [5.74, 6) is -0.582. The minimum atomic E-state index is -3.71. The normalized spacial score (nSPS) is 11.5. The highest BCUT2D eigenvalue weighted by Crippen LogP contribution is 2.28. The predicted octanol–water partition coefficient (Wildman–Crippen LogP) is 3.70. The second-order valence-electron chi connectivity index (χ2n) is 6.85. The van der Waals surface area contributed by atoms with Gasteiger partial charge in [-0.1, -0.05) is 24.3 Å². The van der Waals surface area contributed by atoms with Crippen molar-refractivity contribution in [3.63, 3.8) is 0 Å². The van der Waals surface area contributed by atoms with E-state index in [9.17, 15) is 17.6 Å². The van der Waals surface area contributed by atoms with Crippen molar-refractivity contribution in [3.8, 4) is 28.3 Å². The topological polar surface area (TPSA) is 94.2 Å². The van der Waals surface area contributed by atoms with Gasteiger partial charge in [0.2, 0.25) is 0 Å². The summed E-state index contributed by atoms with van der Waals surface area (Å²) >= 11 is 0.